The van der Waals surface area contributed by atoms with Crippen LogP contribution in [0, 0.1) is 11.8 Å². The van der Waals surface area contributed by atoms with E-state index in [4.69, 9.17) is 4.74 Å². The van der Waals surface area contributed by atoms with E-state index in [1.54, 1.807) is 0 Å². The molecular weight excluding hydrogens is 272 g/mol. The summed E-state index contributed by atoms with van der Waals surface area (Å²) in [5, 5.41) is 5.41. The van der Waals surface area contributed by atoms with Crippen LogP contribution < -0.4 is 10.6 Å². The summed E-state index contributed by atoms with van der Waals surface area (Å²) in [5.41, 5.74) is 0. The van der Waals surface area contributed by atoms with Gasteiger partial charge in [-0.15, -0.1) is 0 Å². The van der Waals surface area contributed by atoms with E-state index in [0.717, 1.165) is 0 Å². The van der Waals surface area contributed by atoms with Crippen molar-refractivity contribution in [3.8, 4) is 0 Å². The lowest BCUT2D eigenvalue weighted by Crippen LogP contribution is -2.31. The molecule has 0 rings (SSSR count). The van der Waals surface area contributed by atoms with Crippen LogP contribution in [0.15, 0.2) is 0 Å². The van der Waals surface area contributed by atoms with Crippen LogP contribution >= 0.6 is 0 Å². The molecular formula is C15H28N2O4. The highest BCUT2D eigenvalue weighted by molar-refractivity contribution is 5.81. The molecule has 2 amide bonds. The fourth-order valence-corrected chi connectivity index (χ4v) is 1.42. The maximum absolute atomic E-state index is 11.5. The molecule has 6 heteroatoms. The molecule has 0 aromatic carbocycles. The van der Waals surface area contributed by atoms with Crippen LogP contribution in [0.1, 0.15) is 40.5 Å². The van der Waals surface area contributed by atoms with E-state index in [1.165, 1.54) is 0 Å². The number of ether oxygens (including phenoxy) is 1. The highest BCUT2D eigenvalue weighted by atomic mass is 16.5. The first-order valence-electron chi connectivity index (χ1n) is 7.49. The number of rotatable bonds is 11. The molecule has 0 aliphatic rings. The molecule has 0 aromatic heterocycles. The average Bonchev–Trinajstić information content (AvgIpc) is 2.41. The number of carbonyl (C=O) groups is 3. The Morgan fingerprint density at radius 1 is 0.857 bits per heavy atom. The van der Waals surface area contributed by atoms with Gasteiger partial charge in [-0.3, -0.25) is 14.4 Å². The van der Waals surface area contributed by atoms with Crippen molar-refractivity contribution < 1.29 is 19.1 Å². The summed E-state index contributed by atoms with van der Waals surface area (Å²) in [7, 11) is 0. The van der Waals surface area contributed by atoms with Gasteiger partial charge in [0.25, 0.3) is 0 Å². The van der Waals surface area contributed by atoms with Crippen molar-refractivity contribution in [1.82, 2.24) is 10.6 Å². The molecule has 122 valence electrons. The second kappa shape index (κ2) is 11.3. The van der Waals surface area contributed by atoms with Gasteiger partial charge < -0.3 is 15.4 Å². The Morgan fingerprint density at radius 3 is 2.10 bits per heavy atom. The van der Waals surface area contributed by atoms with E-state index < -0.39 is 0 Å². The number of carbonyl (C=O) groups excluding carboxylic acids is 3. The Labute approximate surface area is 127 Å². The van der Waals surface area contributed by atoms with E-state index in [1.807, 2.05) is 27.7 Å². The quantitative estimate of drug-likeness (QED) is 0.555. The van der Waals surface area contributed by atoms with Gasteiger partial charge in [0.15, 0.2) is 0 Å². The van der Waals surface area contributed by atoms with Crippen molar-refractivity contribution in [2.24, 2.45) is 11.8 Å². The second-order valence-corrected chi connectivity index (χ2v) is 5.53. The highest BCUT2D eigenvalue weighted by Gasteiger charge is 2.08. The molecule has 0 atom stereocenters. The molecule has 6 nitrogen and oxygen atoms in total. The number of hydrogen-bond donors (Lipinski definition) is 2. The molecule has 21 heavy (non-hydrogen) atoms. The van der Waals surface area contributed by atoms with Crippen molar-refractivity contribution in [3.63, 3.8) is 0 Å². The van der Waals surface area contributed by atoms with Crippen LogP contribution in [0.4, 0.5) is 0 Å². The third-order valence-corrected chi connectivity index (χ3v) is 2.88. The monoisotopic (exact) mass is 300 g/mol. The second-order valence-electron chi connectivity index (χ2n) is 5.53. The Bertz CT molecular complexity index is 341. The van der Waals surface area contributed by atoms with E-state index in [9.17, 15) is 14.4 Å². The number of amides is 2. The Morgan fingerprint density at radius 2 is 1.52 bits per heavy atom. The number of ketones is 1. The minimum atomic E-state index is -0.127. The van der Waals surface area contributed by atoms with Gasteiger partial charge in [-0.25, -0.2) is 0 Å². The van der Waals surface area contributed by atoms with E-state index in [-0.39, 0.29) is 35.9 Å². The molecule has 0 aliphatic carbocycles. The molecule has 0 spiro atoms. The standard InChI is InChI=1S/C15H28N2O4/c1-11(2)13(18)5-7-16-14(19)6-9-21-10-8-17-15(20)12(3)4/h11-12H,5-10H2,1-4H3,(H,16,19)(H,17,20). The molecule has 0 heterocycles. The highest BCUT2D eigenvalue weighted by Crippen LogP contribution is 1.97. The Balaban J connectivity index is 3.46. The summed E-state index contributed by atoms with van der Waals surface area (Å²) in [6.07, 6.45) is 0.624. The van der Waals surface area contributed by atoms with Gasteiger partial charge in [0.2, 0.25) is 11.8 Å². The first-order chi connectivity index (χ1) is 9.84. The van der Waals surface area contributed by atoms with Crippen LogP contribution in [-0.4, -0.2) is 43.9 Å². The summed E-state index contributed by atoms with van der Waals surface area (Å²) >= 11 is 0. The summed E-state index contributed by atoms with van der Waals surface area (Å²) in [6.45, 7) is 8.85. The fourth-order valence-electron chi connectivity index (χ4n) is 1.42. The number of hydrogen-bond acceptors (Lipinski definition) is 4. The predicted molar refractivity (Wildman–Crippen MR) is 80.8 cm³/mol. The van der Waals surface area contributed by atoms with E-state index >= 15 is 0 Å². The Kier molecular flexibility index (Phi) is 10.5. The number of nitrogens with one attached hydrogen (secondary N) is 2. The van der Waals surface area contributed by atoms with Crippen LogP contribution in [0.3, 0.4) is 0 Å². The zero-order chi connectivity index (χ0) is 16.3. The van der Waals surface area contributed by atoms with Crippen molar-refractivity contribution in [1.29, 1.82) is 0 Å². The lowest BCUT2D eigenvalue weighted by atomic mass is 10.1. The van der Waals surface area contributed by atoms with Crippen molar-refractivity contribution in [3.05, 3.63) is 0 Å². The van der Waals surface area contributed by atoms with Crippen LogP contribution in [0.25, 0.3) is 0 Å². The lowest BCUT2D eigenvalue weighted by Gasteiger charge is -2.09. The first-order valence-corrected chi connectivity index (χ1v) is 7.49. The molecule has 0 unspecified atom stereocenters. The van der Waals surface area contributed by atoms with E-state index in [2.05, 4.69) is 10.6 Å². The molecule has 0 aliphatic heterocycles. The zero-order valence-electron chi connectivity index (χ0n) is 13.5. The molecule has 2 N–H and O–H groups in total. The fraction of sp³-hybridized carbons (Fsp3) is 0.800. The summed E-state index contributed by atoms with van der Waals surface area (Å²) < 4.78 is 5.26. The van der Waals surface area contributed by atoms with Gasteiger partial charge in [-0.05, 0) is 0 Å². The minimum absolute atomic E-state index is 0.00582. The topological polar surface area (TPSA) is 84.5 Å². The van der Waals surface area contributed by atoms with Gasteiger partial charge in [0, 0.05) is 37.8 Å². The molecule has 0 aromatic rings. The third-order valence-electron chi connectivity index (χ3n) is 2.88. The zero-order valence-corrected chi connectivity index (χ0v) is 13.5. The van der Waals surface area contributed by atoms with Gasteiger partial charge >= 0.3 is 0 Å². The number of Topliss-reactive ketones (excluding diaryl/α,β-unsaturated/α-hetero) is 1. The average molecular weight is 300 g/mol. The predicted octanol–water partition coefficient (Wildman–Crippen LogP) is 0.897. The molecule has 0 bridgehead atoms. The molecule has 0 saturated carbocycles. The summed E-state index contributed by atoms with van der Waals surface area (Å²) in [4.78, 5) is 34.0. The van der Waals surface area contributed by atoms with Crippen molar-refractivity contribution in [2.75, 3.05) is 26.3 Å². The van der Waals surface area contributed by atoms with Crippen molar-refractivity contribution >= 4 is 17.6 Å². The molecule has 0 saturated heterocycles. The normalized spacial score (nSPS) is 10.8. The largest absolute Gasteiger partial charge is 0.379 e. The minimum Gasteiger partial charge on any atom is -0.379 e. The van der Waals surface area contributed by atoms with Gasteiger partial charge in [-0.2, -0.15) is 0 Å². The molecule has 0 fully saturated rings. The maximum Gasteiger partial charge on any atom is 0.222 e. The summed E-state index contributed by atoms with van der Waals surface area (Å²) in [5.74, 6) is -0.0213. The third kappa shape index (κ3) is 11.0. The summed E-state index contributed by atoms with van der Waals surface area (Å²) in [6, 6.07) is 0. The van der Waals surface area contributed by atoms with Crippen molar-refractivity contribution in [2.45, 2.75) is 40.5 Å². The lowest BCUT2D eigenvalue weighted by molar-refractivity contribution is -0.125. The smallest absolute Gasteiger partial charge is 0.222 e. The van der Waals surface area contributed by atoms with E-state index in [0.29, 0.717) is 32.7 Å². The van der Waals surface area contributed by atoms with Gasteiger partial charge in [0.1, 0.15) is 5.78 Å². The maximum atomic E-state index is 11.5. The Hall–Kier alpha value is -1.43. The molecule has 0 radical (unpaired) electrons. The van der Waals surface area contributed by atoms with Crippen LogP contribution in [0.2, 0.25) is 0 Å². The van der Waals surface area contributed by atoms with Crippen LogP contribution in [-0.2, 0) is 19.1 Å². The van der Waals surface area contributed by atoms with Crippen LogP contribution in [0.5, 0.6) is 0 Å². The SMILES string of the molecule is CC(C)C(=O)CCNC(=O)CCOCCNC(=O)C(C)C. The first kappa shape index (κ1) is 19.6. The van der Waals surface area contributed by atoms with Gasteiger partial charge in [0.05, 0.1) is 13.2 Å². The van der Waals surface area contributed by atoms with Gasteiger partial charge in [-0.1, -0.05) is 27.7 Å².